The number of nitrogens with two attached hydrogens (primary N) is 1. The second-order valence-corrected chi connectivity index (χ2v) is 8.23. The molecule has 1 heterocycles. The third-order valence-electron chi connectivity index (χ3n) is 3.88. The van der Waals surface area contributed by atoms with E-state index in [1.807, 2.05) is 6.92 Å². The van der Waals surface area contributed by atoms with E-state index in [2.05, 4.69) is 20.8 Å². The molecule has 0 spiro atoms. The van der Waals surface area contributed by atoms with Gasteiger partial charge >= 0.3 is 0 Å². The van der Waals surface area contributed by atoms with Crippen LogP contribution in [0.25, 0.3) is 0 Å². The highest BCUT2D eigenvalue weighted by molar-refractivity contribution is 7.89. The van der Waals surface area contributed by atoms with Crippen molar-refractivity contribution < 1.29 is 8.42 Å². The minimum absolute atomic E-state index is 0.175. The second-order valence-electron chi connectivity index (χ2n) is 6.02. The van der Waals surface area contributed by atoms with Crippen LogP contribution in [0.1, 0.15) is 40.5 Å². The van der Waals surface area contributed by atoms with E-state index in [4.69, 9.17) is 5.73 Å². The summed E-state index contributed by atoms with van der Waals surface area (Å²) in [6.45, 7) is 9.93. The van der Waals surface area contributed by atoms with Crippen molar-refractivity contribution in [1.29, 1.82) is 0 Å². The number of rotatable bonds is 4. The lowest BCUT2D eigenvalue weighted by Gasteiger charge is -2.28. The monoisotopic (exact) mass is 262 g/mol. The van der Waals surface area contributed by atoms with Crippen molar-refractivity contribution in [2.45, 2.75) is 45.8 Å². The fourth-order valence-electron chi connectivity index (χ4n) is 2.38. The molecule has 0 aliphatic carbocycles. The van der Waals surface area contributed by atoms with E-state index in [9.17, 15) is 8.42 Å². The van der Waals surface area contributed by atoms with Crippen molar-refractivity contribution in [3.63, 3.8) is 0 Å². The van der Waals surface area contributed by atoms with Crippen molar-refractivity contribution in [3.8, 4) is 0 Å². The quantitative estimate of drug-likeness (QED) is 0.833. The van der Waals surface area contributed by atoms with Crippen LogP contribution in [0.2, 0.25) is 0 Å². The lowest BCUT2D eigenvalue weighted by Crippen LogP contribution is -2.41. The SMILES string of the molecule is CCC(CN)S(=O)(=O)N1CCC(C(C)(C)C)C1. The molecule has 2 atom stereocenters. The largest absolute Gasteiger partial charge is 0.329 e. The minimum atomic E-state index is -3.19. The number of hydrogen-bond donors (Lipinski definition) is 1. The normalized spacial score (nSPS) is 25.1. The van der Waals surface area contributed by atoms with Gasteiger partial charge in [0.25, 0.3) is 0 Å². The Balaban J connectivity index is 2.77. The summed E-state index contributed by atoms with van der Waals surface area (Å²) in [5, 5.41) is -0.416. The van der Waals surface area contributed by atoms with Gasteiger partial charge in [-0.15, -0.1) is 0 Å². The highest BCUT2D eigenvalue weighted by Crippen LogP contribution is 2.35. The fourth-order valence-corrected chi connectivity index (χ4v) is 4.21. The molecule has 102 valence electrons. The van der Waals surface area contributed by atoms with Gasteiger partial charge in [0.15, 0.2) is 0 Å². The molecule has 2 unspecified atom stereocenters. The van der Waals surface area contributed by atoms with Crippen LogP contribution >= 0.6 is 0 Å². The summed E-state index contributed by atoms with van der Waals surface area (Å²) in [7, 11) is -3.19. The number of sulfonamides is 1. The molecule has 0 bridgehead atoms. The predicted octanol–water partition coefficient (Wildman–Crippen LogP) is 1.42. The van der Waals surface area contributed by atoms with E-state index in [1.165, 1.54) is 0 Å². The first-order valence-corrected chi connectivity index (χ1v) is 7.92. The summed E-state index contributed by atoms with van der Waals surface area (Å²) in [5.41, 5.74) is 5.73. The van der Waals surface area contributed by atoms with E-state index in [0.717, 1.165) is 6.42 Å². The van der Waals surface area contributed by atoms with Gasteiger partial charge in [-0.2, -0.15) is 0 Å². The molecule has 1 rings (SSSR count). The Bertz CT molecular complexity index is 342. The van der Waals surface area contributed by atoms with Crippen molar-refractivity contribution >= 4 is 10.0 Å². The van der Waals surface area contributed by atoms with Crippen LogP contribution in [-0.4, -0.2) is 37.6 Å². The van der Waals surface area contributed by atoms with Crippen LogP contribution in [0, 0.1) is 11.3 Å². The molecular weight excluding hydrogens is 236 g/mol. The molecule has 4 nitrogen and oxygen atoms in total. The molecule has 5 heteroatoms. The van der Waals surface area contributed by atoms with Crippen LogP contribution in [0.4, 0.5) is 0 Å². The number of nitrogens with zero attached hydrogens (tertiary/aromatic N) is 1. The van der Waals surface area contributed by atoms with Crippen molar-refractivity contribution in [1.82, 2.24) is 4.31 Å². The second kappa shape index (κ2) is 5.24. The topological polar surface area (TPSA) is 63.4 Å². The molecule has 17 heavy (non-hydrogen) atoms. The van der Waals surface area contributed by atoms with Crippen molar-refractivity contribution in [2.24, 2.45) is 17.1 Å². The Morgan fingerprint density at radius 3 is 2.35 bits per heavy atom. The Labute approximate surface area is 106 Å². The van der Waals surface area contributed by atoms with Gasteiger partial charge in [0.1, 0.15) is 0 Å². The maximum Gasteiger partial charge on any atom is 0.218 e. The summed E-state index contributed by atoms with van der Waals surface area (Å²) >= 11 is 0. The Morgan fingerprint density at radius 1 is 1.41 bits per heavy atom. The zero-order chi connectivity index (χ0) is 13.3. The summed E-state index contributed by atoms with van der Waals surface area (Å²) in [6.07, 6.45) is 1.55. The van der Waals surface area contributed by atoms with Gasteiger partial charge in [0, 0.05) is 19.6 Å². The van der Waals surface area contributed by atoms with Crippen LogP contribution in [0.3, 0.4) is 0 Å². The predicted molar refractivity (Wildman–Crippen MR) is 71.2 cm³/mol. The molecule has 1 saturated heterocycles. The molecule has 0 aromatic rings. The summed E-state index contributed by atoms with van der Waals surface area (Å²) in [5.74, 6) is 0.451. The Kier molecular flexibility index (Phi) is 4.60. The first kappa shape index (κ1) is 14.9. The van der Waals surface area contributed by atoms with E-state index < -0.39 is 15.3 Å². The molecule has 0 amide bonds. The Hall–Kier alpha value is -0.130. The molecule has 0 aromatic carbocycles. The first-order valence-electron chi connectivity index (χ1n) is 6.42. The lowest BCUT2D eigenvalue weighted by molar-refractivity contribution is 0.251. The summed E-state index contributed by atoms with van der Waals surface area (Å²) in [4.78, 5) is 0. The van der Waals surface area contributed by atoms with Gasteiger partial charge in [0.2, 0.25) is 10.0 Å². The van der Waals surface area contributed by atoms with Gasteiger partial charge in [-0.25, -0.2) is 12.7 Å². The maximum atomic E-state index is 12.3. The molecular formula is C12H26N2O2S. The maximum absolute atomic E-state index is 12.3. The first-order chi connectivity index (χ1) is 7.73. The molecule has 1 fully saturated rings. The molecule has 2 N–H and O–H groups in total. The number of hydrogen-bond acceptors (Lipinski definition) is 3. The highest BCUT2D eigenvalue weighted by Gasteiger charge is 2.39. The van der Waals surface area contributed by atoms with Gasteiger partial charge in [-0.3, -0.25) is 0 Å². The average Bonchev–Trinajstić information content (AvgIpc) is 2.67. The molecule has 1 aliphatic rings. The van der Waals surface area contributed by atoms with E-state index >= 15 is 0 Å². The molecule has 1 aliphatic heterocycles. The zero-order valence-corrected chi connectivity index (χ0v) is 12.3. The van der Waals surface area contributed by atoms with Crippen LogP contribution in [0.15, 0.2) is 0 Å². The van der Waals surface area contributed by atoms with Crippen molar-refractivity contribution in [3.05, 3.63) is 0 Å². The molecule has 0 saturated carbocycles. The smallest absolute Gasteiger partial charge is 0.218 e. The van der Waals surface area contributed by atoms with Gasteiger partial charge in [-0.05, 0) is 24.2 Å². The zero-order valence-electron chi connectivity index (χ0n) is 11.4. The van der Waals surface area contributed by atoms with E-state index in [-0.39, 0.29) is 12.0 Å². The Morgan fingerprint density at radius 2 is 2.00 bits per heavy atom. The highest BCUT2D eigenvalue weighted by atomic mass is 32.2. The van der Waals surface area contributed by atoms with Gasteiger partial charge < -0.3 is 5.73 Å². The van der Waals surface area contributed by atoms with Crippen LogP contribution < -0.4 is 5.73 Å². The summed E-state index contributed by atoms with van der Waals surface area (Å²) < 4.78 is 26.3. The standard InChI is InChI=1S/C12H26N2O2S/c1-5-11(8-13)17(15,16)14-7-6-10(9-14)12(2,3)4/h10-11H,5-9,13H2,1-4H3. The third kappa shape index (κ3) is 3.20. The molecule has 0 radical (unpaired) electrons. The van der Waals surface area contributed by atoms with Crippen molar-refractivity contribution in [2.75, 3.05) is 19.6 Å². The van der Waals surface area contributed by atoms with E-state index in [1.54, 1.807) is 4.31 Å². The van der Waals surface area contributed by atoms with Gasteiger partial charge in [-0.1, -0.05) is 27.7 Å². The lowest BCUT2D eigenvalue weighted by atomic mass is 9.80. The average molecular weight is 262 g/mol. The van der Waals surface area contributed by atoms with Crippen LogP contribution in [0.5, 0.6) is 0 Å². The van der Waals surface area contributed by atoms with Gasteiger partial charge in [0.05, 0.1) is 5.25 Å². The third-order valence-corrected chi connectivity index (χ3v) is 6.29. The minimum Gasteiger partial charge on any atom is -0.329 e. The summed E-state index contributed by atoms with van der Waals surface area (Å²) in [6, 6.07) is 0. The molecule has 0 aromatic heterocycles. The van der Waals surface area contributed by atoms with Crippen LogP contribution in [-0.2, 0) is 10.0 Å². The van der Waals surface area contributed by atoms with E-state index in [0.29, 0.717) is 25.4 Å². The fraction of sp³-hybridized carbons (Fsp3) is 1.00.